The molecule has 2 unspecified atom stereocenters. The van der Waals surface area contributed by atoms with Crippen LogP contribution in [0.1, 0.15) is 30.6 Å². The van der Waals surface area contributed by atoms with E-state index in [0.717, 1.165) is 29.7 Å². The maximum Gasteiger partial charge on any atom is 0.191 e. The summed E-state index contributed by atoms with van der Waals surface area (Å²) in [5.41, 5.74) is 1.28. The predicted molar refractivity (Wildman–Crippen MR) is 89.3 cm³/mol. The Labute approximate surface area is 135 Å². The van der Waals surface area contributed by atoms with E-state index in [2.05, 4.69) is 28.6 Å². The Morgan fingerprint density at radius 3 is 3.00 bits per heavy atom. The third-order valence-electron chi connectivity index (χ3n) is 3.71. The van der Waals surface area contributed by atoms with Crippen LogP contribution in [0.3, 0.4) is 0 Å². The molecule has 2 aromatic rings. The number of nitrogens with zero attached hydrogens (tertiary/aromatic N) is 1. The zero-order valence-corrected chi connectivity index (χ0v) is 13.3. The zero-order valence-electron chi connectivity index (χ0n) is 12.6. The molecule has 0 spiro atoms. The highest BCUT2D eigenvalue weighted by Crippen LogP contribution is 2.41. The smallest absolute Gasteiger partial charge is 0.191 e. The van der Waals surface area contributed by atoms with Crippen molar-refractivity contribution >= 4 is 17.6 Å². The lowest BCUT2D eigenvalue weighted by molar-refractivity contribution is 0.512. The fourth-order valence-corrected chi connectivity index (χ4v) is 2.71. The van der Waals surface area contributed by atoms with Gasteiger partial charge < -0.3 is 15.1 Å². The molecule has 0 aliphatic heterocycles. The van der Waals surface area contributed by atoms with Crippen molar-refractivity contribution in [3.63, 3.8) is 0 Å². The first-order valence-electron chi connectivity index (χ1n) is 7.59. The first kappa shape index (κ1) is 15.0. The van der Waals surface area contributed by atoms with Crippen LogP contribution in [0.2, 0.25) is 5.02 Å². The van der Waals surface area contributed by atoms with E-state index in [0.29, 0.717) is 18.5 Å². The van der Waals surface area contributed by atoms with Crippen molar-refractivity contribution in [2.24, 2.45) is 4.99 Å². The third-order valence-corrected chi connectivity index (χ3v) is 3.94. The first-order valence-corrected chi connectivity index (χ1v) is 7.96. The van der Waals surface area contributed by atoms with Crippen LogP contribution >= 0.6 is 11.6 Å². The molecule has 4 nitrogen and oxygen atoms in total. The second kappa shape index (κ2) is 6.88. The van der Waals surface area contributed by atoms with E-state index in [1.807, 2.05) is 30.3 Å². The average Bonchev–Trinajstić information content (AvgIpc) is 3.07. The van der Waals surface area contributed by atoms with Crippen LogP contribution in [-0.4, -0.2) is 18.5 Å². The second-order valence-electron chi connectivity index (χ2n) is 5.42. The van der Waals surface area contributed by atoms with Crippen molar-refractivity contribution < 1.29 is 4.42 Å². The van der Waals surface area contributed by atoms with Crippen molar-refractivity contribution in [2.75, 3.05) is 6.54 Å². The molecule has 22 heavy (non-hydrogen) atoms. The van der Waals surface area contributed by atoms with E-state index in [1.165, 1.54) is 5.56 Å². The van der Waals surface area contributed by atoms with Crippen molar-refractivity contribution in [3.05, 3.63) is 59.0 Å². The van der Waals surface area contributed by atoms with Crippen LogP contribution in [0, 0.1) is 0 Å². The molecule has 0 saturated heterocycles. The molecule has 3 rings (SSSR count). The minimum atomic E-state index is 0.410. The van der Waals surface area contributed by atoms with Crippen LogP contribution in [0.5, 0.6) is 0 Å². The lowest BCUT2D eigenvalue weighted by atomic mass is 10.1. The minimum Gasteiger partial charge on any atom is -0.467 e. The molecule has 1 heterocycles. The van der Waals surface area contributed by atoms with Crippen molar-refractivity contribution in [2.45, 2.75) is 31.8 Å². The maximum atomic E-state index is 6.06. The number of aliphatic imine (C=N–C) groups is 1. The van der Waals surface area contributed by atoms with Gasteiger partial charge in [0.25, 0.3) is 0 Å². The lowest BCUT2D eigenvalue weighted by Gasteiger charge is -2.11. The van der Waals surface area contributed by atoms with Gasteiger partial charge in [0, 0.05) is 23.5 Å². The van der Waals surface area contributed by atoms with Gasteiger partial charge in [-0.2, -0.15) is 0 Å². The van der Waals surface area contributed by atoms with Crippen molar-refractivity contribution in [1.82, 2.24) is 10.6 Å². The molecule has 1 aliphatic carbocycles. The molecule has 116 valence electrons. The highest BCUT2D eigenvalue weighted by atomic mass is 35.5. The van der Waals surface area contributed by atoms with Gasteiger partial charge in [0.05, 0.1) is 6.26 Å². The second-order valence-corrected chi connectivity index (χ2v) is 5.86. The van der Waals surface area contributed by atoms with Gasteiger partial charge in [-0.25, -0.2) is 4.99 Å². The van der Waals surface area contributed by atoms with Gasteiger partial charge in [0.1, 0.15) is 12.3 Å². The number of rotatable bonds is 5. The molecule has 2 atom stereocenters. The molecule has 0 amide bonds. The molecule has 2 N–H and O–H groups in total. The SMILES string of the molecule is CCNC(=NCc1ccco1)NC1CC1c1cccc(Cl)c1. The number of nitrogens with one attached hydrogen (secondary N) is 2. The Bertz CT molecular complexity index is 639. The Hall–Kier alpha value is -1.94. The van der Waals surface area contributed by atoms with E-state index in [1.54, 1.807) is 6.26 Å². The molecule has 1 saturated carbocycles. The Kier molecular flexibility index (Phi) is 4.68. The van der Waals surface area contributed by atoms with Crippen LogP contribution in [0.15, 0.2) is 52.1 Å². The van der Waals surface area contributed by atoms with E-state index in [-0.39, 0.29) is 0 Å². The largest absolute Gasteiger partial charge is 0.467 e. The summed E-state index contributed by atoms with van der Waals surface area (Å²) in [6, 6.07) is 12.3. The Morgan fingerprint density at radius 2 is 2.27 bits per heavy atom. The van der Waals surface area contributed by atoms with Crippen LogP contribution in [-0.2, 0) is 6.54 Å². The highest BCUT2D eigenvalue weighted by Gasteiger charge is 2.39. The predicted octanol–water partition coefficient (Wildman–Crippen LogP) is 3.54. The molecule has 1 aromatic heterocycles. The number of halogens is 1. The quantitative estimate of drug-likeness (QED) is 0.655. The zero-order chi connectivity index (χ0) is 15.4. The molecular weight excluding hydrogens is 298 g/mol. The van der Waals surface area contributed by atoms with Crippen molar-refractivity contribution in [3.8, 4) is 0 Å². The normalized spacial score (nSPS) is 20.7. The van der Waals surface area contributed by atoms with Gasteiger partial charge in [0.2, 0.25) is 0 Å². The lowest BCUT2D eigenvalue weighted by Crippen LogP contribution is -2.39. The van der Waals surface area contributed by atoms with Gasteiger partial charge in [0.15, 0.2) is 5.96 Å². The molecule has 1 aliphatic rings. The van der Waals surface area contributed by atoms with Crippen molar-refractivity contribution in [1.29, 1.82) is 0 Å². The molecule has 1 aromatic carbocycles. The molecule has 5 heteroatoms. The van der Waals surface area contributed by atoms with Gasteiger partial charge in [-0.05, 0) is 43.2 Å². The minimum absolute atomic E-state index is 0.410. The summed E-state index contributed by atoms with van der Waals surface area (Å²) in [6.07, 6.45) is 2.77. The molecular formula is C17H20ClN3O. The van der Waals surface area contributed by atoms with Crippen LogP contribution in [0.4, 0.5) is 0 Å². The number of hydrogen-bond acceptors (Lipinski definition) is 2. The fourth-order valence-electron chi connectivity index (χ4n) is 2.52. The van der Waals surface area contributed by atoms with E-state index < -0.39 is 0 Å². The van der Waals surface area contributed by atoms with Gasteiger partial charge >= 0.3 is 0 Å². The summed E-state index contributed by atoms with van der Waals surface area (Å²) in [4.78, 5) is 4.56. The summed E-state index contributed by atoms with van der Waals surface area (Å²) in [7, 11) is 0. The number of furan rings is 1. The molecule has 0 radical (unpaired) electrons. The molecule has 0 bridgehead atoms. The molecule has 1 fully saturated rings. The summed E-state index contributed by atoms with van der Waals surface area (Å²) in [5, 5.41) is 7.54. The van der Waals surface area contributed by atoms with Crippen LogP contribution in [0.25, 0.3) is 0 Å². The summed E-state index contributed by atoms with van der Waals surface area (Å²) in [5.74, 6) is 2.19. The van der Waals surface area contributed by atoms with Gasteiger partial charge in [-0.3, -0.25) is 0 Å². The van der Waals surface area contributed by atoms with E-state index in [4.69, 9.17) is 16.0 Å². The maximum absolute atomic E-state index is 6.06. The first-order chi connectivity index (χ1) is 10.8. The monoisotopic (exact) mass is 317 g/mol. The standard InChI is InChI=1S/C17H20ClN3O/c1-2-19-17(20-11-14-7-4-8-22-14)21-16-10-15(16)12-5-3-6-13(18)9-12/h3-9,15-16H,2,10-11H2,1H3,(H2,19,20,21). The van der Waals surface area contributed by atoms with E-state index >= 15 is 0 Å². The van der Waals surface area contributed by atoms with Gasteiger partial charge in [-0.1, -0.05) is 23.7 Å². The average molecular weight is 318 g/mol. The Morgan fingerprint density at radius 1 is 1.36 bits per heavy atom. The van der Waals surface area contributed by atoms with Gasteiger partial charge in [-0.15, -0.1) is 0 Å². The third kappa shape index (κ3) is 3.83. The highest BCUT2D eigenvalue weighted by molar-refractivity contribution is 6.30. The number of guanidine groups is 1. The summed E-state index contributed by atoms with van der Waals surface area (Å²) < 4.78 is 5.31. The summed E-state index contributed by atoms with van der Waals surface area (Å²) >= 11 is 6.06. The Balaban J connectivity index is 1.59. The van der Waals surface area contributed by atoms with E-state index in [9.17, 15) is 0 Å². The van der Waals surface area contributed by atoms with Crippen LogP contribution < -0.4 is 10.6 Å². The number of hydrogen-bond donors (Lipinski definition) is 2. The fraction of sp³-hybridized carbons (Fsp3) is 0.353. The number of benzene rings is 1. The topological polar surface area (TPSA) is 49.6 Å². The summed E-state index contributed by atoms with van der Waals surface area (Å²) in [6.45, 7) is 3.43.